The minimum absolute atomic E-state index is 0.139. The van der Waals surface area contributed by atoms with Crippen molar-refractivity contribution in [2.24, 2.45) is 16.9 Å². The Kier molecular flexibility index (Phi) is 8.85. The average Bonchev–Trinajstić information content (AvgIpc) is 1.90. The highest BCUT2D eigenvalue weighted by molar-refractivity contribution is 4.68. The molecule has 0 radical (unpaired) electrons. The van der Waals surface area contributed by atoms with Gasteiger partial charge in [-0.15, -0.1) is 0 Å². The van der Waals surface area contributed by atoms with Crippen LogP contribution in [0.25, 0.3) is 0 Å². The molecule has 0 saturated heterocycles. The normalized spacial score (nSPS) is 10.2. The molecule has 0 atom stereocenters. The van der Waals surface area contributed by atoms with Crippen molar-refractivity contribution in [3.63, 3.8) is 0 Å². The maximum absolute atomic E-state index is 5.34. The van der Waals surface area contributed by atoms with E-state index in [-0.39, 0.29) is 5.41 Å². The highest BCUT2D eigenvalue weighted by Crippen LogP contribution is 2.07. The van der Waals surface area contributed by atoms with E-state index in [1.165, 1.54) is 6.42 Å². The van der Waals surface area contributed by atoms with Crippen molar-refractivity contribution in [1.29, 1.82) is 0 Å². The van der Waals surface area contributed by atoms with E-state index in [0.717, 1.165) is 0 Å². The van der Waals surface area contributed by atoms with Crippen LogP contribution in [0, 0.1) is 5.41 Å². The van der Waals surface area contributed by atoms with E-state index in [1.807, 2.05) is 13.8 Å². The van der Waals surface area contributed by atoms with Gasteiger partial charge in [-0.05, 0) is 18.5 Å². The lowest BCUT2D eigenvalue weighted by atomic mass is 9.95. The average molecular weight is 146 g/mol. The van der Waals surface area contributed by atoms with Crippen molar-refractivity contribution >= 4 is 0 Å². The second kappa shape index (κ2) is 7.03. The Labute approximate surface area is 65.0 Å². The molecule has 0 heterocycles. The molecule has 64 valence electrons. The third-order valence-corrected chi connectivity index (χ3v) is 1.11. The molecular weight excluding hydrogens is 124 g/mol. The van der Waals surface area contributed by atoms with Gasteiger partial charge in [-0.25, -0.2) is 0 Å². The summed E-state index contributed by atoms with van der Waals surface area (Å²) < 4.78 is 0. The van der Waals surface area contributed by atoms with E-state index in [0.29, 0.717) is 13.1 Å². The van der Waals surface area contributed by atoms with E-state index in [1.54, 1.807) is 0 Å². The largest absolute Gasteiger partial charge is 0.330 e. The third-order valence-electron chi connectivity index (χ3n) is 1.11. The summed E-state index contributed by atoms with van der Waals surface area (Å²) in [6, 6.07) is 0. The second-order valence-corrected chi connectivity index (χ2v) is 3.28. The van der Waals surface area contributed by atoms with Gasteiger partial charge < -0.3 is 11.5 Å². The SMILES string of the molecule is CC(C)(CN)CN.CCC. The molecule has 0 aromatic rings. The molecule has 0 spiro atoms. The first kappa shape index (κ1) is 12.6. The quantitative estimate of drug-likeness (QED) is 0.618. The molecule has 0 aromatic carbocycles. The van der Waals surface area contributed by atoms with Gasteiger partial charge in [-0.3, -0.25) is 0 Å². The fourth-order valence-corrected chi connectivity index (χ4v) is 0.0833. The van der Waals surface area contributed by atoms with Crippen molar-refractivity contribution in [2.45, 2.75) is 34.1 Å². The van der Waals surface area contributed by atoms with E-state index >= 15 is 0 Å². The Hall–Kier alpha value is -0.0800. The van der Waals surface area contributed by atoms with E-state index < -0.39 is 0 Å². The van der Waals surface area contributed by atoms with Gasteiger partial charge in [0.15, 0.2) is 0 Å². The highest BCUT2D eigenvalue weighted by atomic mass is 14.6. The zero-order valence-corrected chi connectivity index (χ0v) is 7.78. The van der Waals surface area contributed by atoms with Gasteiger partial charge >= 0.3 is 0 Å². The second-order valence-electron chi connectivity index (χ2n) is 3.28. The van der Waals surface area contributed by atoms with Gasteiger partial charge in [0.1, 0.15) is 0 Å². The molecule has 2 heteroatoms. The number of hydrogen-bond donors (Lipinski definition) is 2. The third kappa shape index (κ3) is 10.8. The lowest BCUT2D eigenvalue weighted by Crippen LogP contribution is -2.31. The van der Waals surface area contributed by atoms with Crippen LogP contribution in [0.5, 0.6) is 0 Å². The predicted octanol–water partition coefficient (Wildman–Crippen LogP) is 1.35. The summed E-state index contributed by atoms with van der Waals surface area (Å²) in [6.07, 6.45) is 1.25. The summed E-state index contributed by atoms with van der Waals surface area (Å²) >= 11 is 0. The molecule has 0 aromatic heterocycles. The van der Waals surface area contributed by atoms with Crippen LogP contribution in [0.15, 0.2) is 0 Å². The summed E-state index contributed by atoms with van der Waals surface area (Å²) in [5.41, 5.74) is 10.8. The molecular formula is C8H22N2. The van der Waals surface area contributed by atoms with E-state index in [2.05, 4.69) is 13.8 Å². The van der Waals surface area contributed by atoms with Crippen molar-refractivity contribution in [1.82, 2.24) is 0 Å². The molecule has 0 rings (SSSR count). The summed E-state index contributed by atoms with van der Waals surface area (Å²) in [5.74, 6) is 0. The first-order chi connectivity index (χ1) is 4.54. The fourth-order valence-electron chi connectivity index (χ4n) is 0.0833. The standard InChI is InChI=1S/C5H14N2.C3H8/c1-5(2,3-6)4-7;1-3-2/h3-4,6-7H2,1-2H3;3H2,1-2H3. The van der Waals surface area contributed by atoms with Crippen LogP contribution in [0.4, 0.5) is 0 Å². The van der Waals surface area contributed by atoms with Crippen LogP contribution in [0.3, 0.4) is 0 Å². The monoisotopic (exact) mass is 146 g/mol. The molecule has 0 bridgehead atoms. The Bertz CT molecular complexity index is 54.3. The van der Waals surface area contributed by atoms with Gasteiger partial charge in [0.2, 0.25) is 0 Å². The smallest absolute Gasteiger partial charge is 0.00138 e. The molecule has 0 saturated carbocycles. The molecule has 0 fully saturated rings. The van der Waals surface area contributed by atoms with E-state index in [4.69, 9.17) is 11.5 Å². The Morgan fingerprint density at radius 2 is 1.20 bits per heavy atom. The van der Waals surface area contributed by atoms with E-state index in [9.17, 15) is 0 Å². The molecule has 2 nitrogen and oxygen atoms in total. The molecule has 0 aliphatic heterocycles. The van der Waals surface area contributed by atoms with Crippen LogP contribution in [0.2, 0.25) is 0 Å². The maximum atomic E-state index is 5.34. The van der Waals surface area contributed by atoms with Crippen LogP contribution >= 0.6 is 0 Å². The Morgan fingerprint density at radius 1 is 1.00 bits per heavy atom. The van der Waals surface area contributed by atoms with Gasteiger partial charge in [-0.2, -0.15) is 0 Å². The van der Waals surface area contributed by atoms with Gasteiger partial charge in [-0.1, -0.05) is 34.1 Å². The Morgan fingerprint density at radius 3 is 1.20 bits per heavy atom. The van der Waals surface area contributed by atoms with Crippen molar-refractivity contribution < 1.29 is 0 Å². The topological polar surface area (TPSA) is 52.0 Å². The molecule has 10 heavy (non-hydrogen) atoms. The van der Waals surface area contributed by atoms with Gasteiger partial charge in [0, 0.05) is 0 Å². The first-order valence-electron chi connectivity index (χ1n) is 3.94. The summed E-state index contributed by atoms with van der Waals surface area (Å²) in [5, 5.41) is 0. The summed E-state index contributed by atoms with van der Waals surface area (Å²) in [6.45, 7) is 9.69. The van der Waals surface area contributed by atoms with Crippen LogP contribution in [-0.4, -0.2) is 13.1 Å². The molecule has 0 amide bonds. The number of nitrogens with two attached hydrogens (primary N) is 2. The molecule has 0 aliphatic carbocycles. The lowest BCUT2D eigenvalue weighted by molar-refractivity contribution is 0.393. The van der Waals surface area contributed by atoms with Crippen LogP contribution in [0.1, 0.15) is 34.1 Å². The molecule has 0 aliphatic rings. The Balaban J connectivity index is 0. The highest BCUT2D eigenvalue weighted by Gasteiger charge is 2.10. The van der Waals surface area contributed by atoms with Crippen molar-refractivity contribution in [3.8, 4) is 0 Å². The van der Waals surface area contributed by atoms with Gasteiger partial charge in [0.25, 0.3) is 0 Å². The minimum Gasteiger partial charge on any atom is -0.330 e. The molecule has 0 unspecified atom stereocenters. The number of rotatable bonds is 2. The number of hydrogen-bond acceptors (Lipinski definition) is 2. The van der Waals surface area contributed by atoms with Gasteiger partial charge in [0.05, 0.1) is 0 Å². The zero-order chi connectivity index (χ0) is 8.62. The maximum Gasteiger partial charge on any atom is -0.00138 e. The lowest BCUT2D eigenvalue weighted by Gasteiger charge is -2.18. The van der Waals surface area contributed by atoms with Crippen molar-refractivity contribution in [2.75, 3.05) is 13.1 Å². The summed E-state index contributed by atoms with van der Waals surface area (Å²) in [7, 11) is 0. The summed E-state index contributed by atoms with van der Waals surface area (Å²) in [4.78, 5) is 0. The van der Waals surface area contributed by atoms with Crippen molar-refractivity contribution in [3.05, 3.63) is 0 Å². The first-order valence-corrected chi connectivity index (χ1v) is 3.94. The van der Waals surface area contributed by atoms with Crippen LogP contribution in [-0.2, 0) is 0 Å². The molecule has 4 N–H and O–H groups in total. The minimum atomic E-state index is 0.139. The predicted molar refractivity (Wildman–Crippen MR) is 47.9 cm³/mol. The fraction of sp³-hybridized carbons (Fsp3) is 1.00. The zero-order valence-electron chi connectivity index (χ0n) is 7.78. The van der Waals surface area contributed by atoms with Crippen LogP contribution < -0.4 is 11.5 Å².